The average Bonchev–Trinajstić information content (AvgIpc) is 2.00. The summed E-state index contributed by atoms with van der Waals surface area (Å²) in [5.41, 5.74) is 2.19. The first-order chi connectivity index (χ1) is 7.05. The van der Waals surface area contributed by atoms with E-state index in [2.05, 4.69) is 60.3 Å². The fourth-order valence-corrected chi connectivity index (χ4v) is 5.20. The van der Waals surface area contributed by atoms with Crippen LogP contribution in [0.1, 0.15) is 55.4 Å². The van der Waals surface area contributed by atoms with Crippen molar-refractivity contribution in [3.05, 3.63) is 10.9 Å². The molecule has 0 N–H and O–H groups in total. The Morgan fingerprint density at radius 1 is 0.875 bits per heavy atom. The molecule has 0 bridgehead atoms. The first kappa shape index (κ1) is 15.8. The van der Waals surface area contributed by atoms with Gasteiger partial charge >= 0.3 is 0 Å². The van der Waals surface area contributed by atoms with Gasteiger partial charge in [0.05, 0.1) is 10.2 Å². The summed E-state index contributed by atoms with van der Waals surface area (Å²) < 4.78 is 0. The summed E-state index contributed by atoms with van der Waals surface area (Å²) in [7, 11) is 1.14. The van der Waals surface area contributed by atoms with Crippen LogP contribution >= 0.6 is 0 Å². The third kappa shape index (κ3) is 3.97. The van der Waals surface area contributed by atoms with Crippen LogP contribution in [-0.2, 0) is 0 Å². The van der Waals surface area contributed by atoms with Crippen molar-refractivity contribution >= 4 is 10.2 Å². The lowest BCUT2D eigenvalue weighted by molar-refractivity contribution is 0.322. The van der Waals surface area contributed by atoms with Crippen LogP contribution in [0, 0.1) is 10.8 Å². The van der Waals surface area contributed by atoms with Gasteiger partial charge in [-0.3, -0.25) is 0 Å². The van der Waals surface area contributed by atoms with E-state index in [-0.39, 0.29) is 10.8 Å². The van der Waals surface area contributed by atoms with Crippen molar-refractivity contribution in [2.75, 3.05) is 13.1 Å². The highest BCUT2D eigenvalue weighted by atomic mass is 28.1. The quantitative estimate of drug-likeness (QED) is 0.687. The van der Waals surface area contributed by atoms with Crippen LogP contribution in [0.5, 0.6) is 0 Å². The molecule has 0 saturated heterocycles. The Bertz CT molecular complexity index is 233. The van der Waals surface area contributed by atoms with Crippen molar-refractivity contribution in [1.29, 1.82) is 0 Å². The number of nitrogens with zero attached hydrogens (tertiary/aromatic N) is 1. The van der Waals surface area contributed by atoms with Crippen LogP contribution in [0.4, 0.5) is 0 Å². The first-order valence-electron chi connectivity index (χ1n) is 6.52. The van der Waals surface area contributed by atoms with Gasteiger partial charge in [0.15, 0.2) is 0 Å². The molecule has 0 aliphatic rings. The molecule has 0 atom stereocenters. The second kappa shape index (κ2) is 5.39. The van der Waals surface area contributed by atoms with Gasteiger partial charge < -0.3 is 4.90 Å². The zero-order valence-corrected chi connectivity index (χ0v) is 14.9. The minimum absolute atomic E-state index is 0.276. The van der Waals surface area contributed by atoms with E-state index in [0.29, 0.717) is 0 Å². The van der Waals surface area contributed by atoms with Crippen molar-refractivity contribution in [3.8, 4) is 0 Å². The molecule has 0 rings (SSSR count). The molecule has 0 spiro atoms. The maximum absolute atomic E-state index is 2.53. The number of hydrogen-bond acceptors (Lipinski definition) is 1. The van der Waals surface area contributed by atoms with Crippen molar-refractivity contribution in [3.63, 3.8) is 0 Å². The second-order valence-corrected chi connectivity index (χ2v) is 7.58. The van der Waals surface area contributed by atoms with Crippen LogP contribution < -0.4 is 0 Å². The van der Waals surface area contributed by atoms with E-state index < -0.39 is 0 Å². The highest BCUT2D eigenvalue weighted by Crippen LogP contribution is 2.41. The normalized spacial score (nSPS) is 12.8. The molecule has 0 aliphatic carbocycles. The molecule has 0 aliphatic heterocycles. The van der Waals surface area contributed by atoms with Gasteiger partial charge in [-0.2, -0.15) is 0 Å². The van der Waals surface area contributed by atoms with Crippen LogP contribution in [-0.4, -0.2) is 28.2 Å². The number of hydrogen-bond donors (Lipinski definition) is 0. The molecule has 1 nitrogen and oxygen atoms in total. The van der Waals surface area contributed by atoms with Gasteiger partial charge in [0.1, 0.15) is 0 Å². The summed E-state index contributed by atoms with van der Waals surface area (Å²) >= 11 is 0. The van der Waals surface area contributed by atoms with Crippen LogP contribution in [0.25, 0.3) is 0 Å². The standard InChI is InChI=1S/C14H31NSi/c1-9-15(10-2)12(16)11(13(3,4)5)14(6,7)8/h9-10H2,1-8,16H3. The van der Waals surface area contributed by atoms with Gasteiger partial charge in [-0.05, 0) is 35.6 Å². The van der Waals surface area contributed by atoms with Crippen molar-refractivity contribution in [1.82, 2.24) is 4.90 Å². The van der Waals surface area contributed by atoms with Gasteiger partial charge in [-0.15, -0.1) is 0 Å². The molecule has 0 aromatic heterocycles. The Morgan fingerprint density at radius 2 is 1.19 bits per heavy atom. The summed E-state index contributed by atoms with van der Waals surface area (Å²) in [5, 5.41) is 1.60. The van der Waals surface area contributed by atoms with E-state index in [1.807, 2.05) is 0 Å². The van der Waals surface area contributed by atoms with E-state index >= 15 is 0 Å². The Balaban J connectivity index is 5.56. The zero-order chi connectivity index (χ0) is 13.1. The highest BCUT2D eigenvalue weighted by Gasteiger charge is 2.30. The predicted molar refractivity (Wildman–Crippen MR) is 78.8 cm³/mol. The number of allylic oxidation sites excluding steroid dienone is 1. The van der Waals surface area contributed by atoms with E-state index in [9.17, 15) is 0 Å². The van der Waals surface area contributed by atoms with Gasteiger partial charge in [-0.1, -0.05) is 41.5 Å². The van der Waals surface area contributed by atoms with E-state index in [0.717, 1.165) is 23.3 Å². The van der Waals surface area contributed by atoms with Crippen LogP contribution in [0.2, 0.25) is 0 Å². The molecule has 0 amide bonds. The molecule has 0 saturated carbocycles. The topological polar surface area (TPSA) is 3.24 Å². The van der Waals surface area contributed by atoms with Crippen LogP contribution in [0.15, 0.2) is 10.9 Å². The molecule has 0 aromatic carbocycles. The van der Waals surface area contributed by atoms with E-state index in [4.69, 9.17) is 0 Å². The number of rotatable bonds is 3. The lowest BCUT2D eigenvalue weighted by Gasteiger charge is -2.39. The fraction of sp³-hybridized carbons (Fsp3) is 0.857. The average molecular weight is 241 g/mol. The molecular formula is C14H31NSi. The van der Waals surface area contributed by atoms with Crippen molar-refractivity contribution < 1.29 is 0 Å². The van der Waals surface area contributed by atoms with Gasteiger partial charge in [0.25, 0.3) is 0 Å². The Hall–Kier alpha value is -0.243. The minimum Gasteiger partial charge on any atom is -0.380 e. The second-order valence-electron chi connectivity index (χ2n) is 6.63. The molecule has 2 heteroatoms. The third-order valence-electron chi connectivity index (χ3n) is 3.10. The predicted octanol–water partition coefficient (Wildman–Crippen LogP) is 3.00. The maximum Gasteiger partial charge on any atom is 0.0590 e. The molecule has 0 unspecified atom stereocenters. The van der Waals surface area contributed by atoms with Crippen molar-refractivity contribution in [2.24, 2.45) is 10.8 Å². The molecule has 16 heavy (non-hydrogen) atoms. The highest BCUT2D eigenvalue weighted by molar-refractivity contribution is 6.21. The maximum atomic E-state index is 2.53. The molecule has 0 fully saturated rings. The molecule has 96 valence electrons. The lowest BCUT2D eigenvalue weighted by Crippen LogP contribution is -2.32. The third-order valence-corrected chi connectivity index (χ3v) is 4.23. The Morgan fingerprint density at radius 3 is 1.38 bits per heavy atom. The molecular weight excluding hydrogens is 210 g/mol. The summed E-state index contributed by atoms with van der Waals surface area (Å²) in [6.45, 7) is 20.8. The van der Waals surface area contributed by atoms with Gasteiger partial charge in [-0.25, -0.2) is 0 Å². The zero-order valence-electron chi connectivity index (χ0n) is 12.9. The summed E-state index contributed by atoms with van der Waals surface area (Å²) in [4.78, 5) is 2.53. The lowest BCUT2D eigenvalue weighted by atomic mass is 9.72. The Labute approximate surface area is 106 Å². The van der Waals surface area contributed by atoms with Gasteiger partial charge in [0, 0.05) is 13.1 Å². The Kier molecular flexibility index (Phi) is 5.31. The van der Waals surface area contributed by atoms with Crippen molar-refractivity contribution in [2.45, 2.75) is 55.4 Å². The SMILES string of the molecule is CCN(CC)C([SiH3])=C(C(C)(C)C)C(C)(C)C. The molecule has 0 heterocycles. The summed E-state index contributed by atoms with van der Waals surface area (Å²) in [5.74, 6) is 0. The fourth-order valence-electron chi connectivity index (χ4n) is 3.07. The first-order valence-corrected chi connectivity index (χ1v) is 7.52. The van der Waals surface area contributed by atoms with Gasteiger partial charge in [0.2, 0.25) is 0 Å². The molecule has 0 radical (unpaired) electrons. The summed E-state index contributed by atoms with van der Waals surface area (Å²) in [6, 6.07) is 0. The van der Waals surface area contributed by atoms with E-state index in [1.165, 1.54) is 0 Å². The smallest absolute Gasteiger partial charge is 0.0590 e. The molecule has 0 aromatic rings. The minimum atomic E-state index is 0.276. The van der Waals surface area contributed by atoms with E-state index in [1.54, 1.807) is 10.9 Å². The monoisotopic (exact) mass is 241 g/mol. The van der Waals surface area contributed by atoms with Crippen LogP contribution in [0.3, 0.4) is 0 Å². The largest absolute Gasteiger partial charge is 0.380 e. The summed E-state index contributed by atoms with van der Waals surface area (Å²) in [6.07, 6.45) is 0.